The van der Waals surface area contributed by atoms with Crippen molar-refractivity contribution in [2.24, 2.45) is 0 Å². The van der Waals surface area contributed by atoms with Gasteiger partial charge in [-0.15, -0.1) is 0 Å². The standard InChI is InChI=1S/C9H6FN3O3/c1-5(14)8-11-9(13(15)16)7-4-6(10)2-3-12(7)8/h2-4H,1H3. The van der Waals surface area contributed by atoms with Gasteiger partial charge in [-0.1, -0.05) is 0 Å². The predicted octanol–water partition coefficient (Wildman–Crippen LogP) is 1.58. The van der Waals surface area contributed by atoms with Crippen LogP contribution in [0.5, 0.6) is 0 Å². The topological polar surface area (TPSA) is 77.5 Å². The van der Waals surface area contributed by atoms with Crippen molar-refractivity contribution in [1.82, 2.24) is 9.38 Å². The Labute approximate surface area is 88.5 Å². The second-order valence-electron chi connectivity index (χ2n) is 3.17. The molecule has 0 saturated carbocycles. The molecular formula is C9H6FN3O3. The van der Waals surface area contributed by atoms with E-state index in [4.69, 9.17) is 0 Å². The molecule has 2 aromatic heterocycles. The first kappa shape index (κ1) is 10.2. The van der Waals surface area contributed by atoms with Gasteiger partial charge >= 0.3 is 5.82 Å². The molecule has 0 unspecified atom stereocenters. The lowest BCUT2D eigenvalue weighted by Crippen LogP contribution is -2.00. The number of rotatable bonds is 2. The van der Waals surface area contributed by atoms with E-state index in [1.807, 2.05) is 0 Å². The van der Waals surface area contributed by atoms with E-state index in [2.05, 4.69) is 4.98 Å². The van der Waals surface area contributed by atoms with Crippen molar-refractivity contribution in [2.45, 2.75) is 6.92 Å². The number of aromatic nitrogens is 2. The van der Waals surface area contributed by atoms with Gasteiger partial charge in [0, 0.05) is 19.2 Å². The highest BCUT2D eigenvalue weighted by Gasteiger charge is 2.24. The first-order chi connectivity index (χ1) is 7.50. The number of nitro groups is 1. The zero-order valence-corrected chi connectivity index (χ0v) is 8.18. The highest BCUT2D eigenvalue weighted by molar-refractivity contribution is 5.92. The van der Waals surface area contributed by atoms with Crippen LogP contribution < -0.4 is 0 Å². The zero-order valence-electron chi connectivity index (χ0n) is 8.18. The smallest absolute Gasteiger partial charge is 0.358 e. The molecule has 0 fully saturated rings. The number of imidazole rings is 1. The van der Waals surface area contributed by atoms with Crippen LogP contribution in [0.4, 0.5) is 10.2 Å². The Bertz CT molecular complexity index is 605. The van der Waals surface area contributed by atoms with Gasteiger partial charge in [0.15, 0.2) is 5.52 Å². The maximum atomic E-state index is 12.9. The van der Waals surface area contributed by atoms with Gasteiger partial charge in [0.2, 0.25) is 5.78 Å². The molecule has 2 rings (SSSR count). The molecule has 2 aromatic rings. The molecule has 0 atom stereocenters. The summed E-state index contributed by atoms with van der Waals surface area (Å²) < 4.78 is 14.1. The van der Waals surface area contributed by atoms with Crippen molar-refractivity contribution in [2.75, 3.05) is 0 Å². The van der Waals surface area contributed by atoms with E-state index < -0.39 is 22.3 Å². The van der Waals surface area contributed by atoms with Gasteiger partial charge in [0.1, 0.15) is 5.82 Å². The number of carbonyl (C=O) groups excluding carboxylic acids is 1. The van der Waals surface area contributed by atoms with E-state index in [1.165, 1.54) is 17.5 Å². The average Bonchev–Trinajstić information content (AvgIpc) is 2.56. The number of pyridine rings is 1. The maximum Gasteiger partial charge on any atom is 0.390 e. The van der Waals surface area contributed by atoms with Gasteiger partial charge in [0.25, 0.3) is 5.82 Å². The second kappa shape index (κ2) is 3.37. The minimum absolute atomic E-state index is 0.0322. The Morgan fingerprint density at radius 2 is 2.31 bits per heavy atom. The van der Waals surface area contributed by atoms with Crippen LogP contribution in [-0.4, -0.2) is 20.1 Å². The fourth-order valence-electron chi connectivity index (χ4n) is 1.43. The summed E-state index contributed by atoms with van der Waals surface area (Å²) in [7, 11) is 0. The van der Waals surface area contributed by atoms with Crippen molar-refractivity contribution in [1.29, 1.82) is 0 Å². The molecule has 0 bridgehead atoms. The fraction of sp³-hybridized carbons (Fsp3) is 0.111. The van der Waals surface area contributed by atoms with Crippen molar-refractivity contribution < 1.29 is 14.1 Å². The minimum atomic E-state index is -0.749. The number of carbonyl (C=O) groups is 1. The second-order valence-corrected chi connectivity index (χ2v) is 3.17. The van der Waals surface area contributed by atoms with E-state index in [-0.39, 0.29) is 11.3 Å². The molecule has 0 amide bonds. The van der Waals surface area contributed by atoms with Crippen LogP contribution in [0.2, 0.25) is 0 Å². The van der Waals surface area contributed by atoms with E-state index >= 15 is 0 Å². The Morgan fingerprint density at radius 3 is 2.88 bits per heavy atom. The summed E-state index contributed by atoms with van der Waals surface area (Å²) in [6.07, 6.45) is 1.24. The van der Waals surface area contributed by atoms with E-state index in [9.17, 15) is 19.3 Å². The third-order valence-electron chi connectivity index (χ3n) is 2.07. The van der Waals surface area contributed by atoms with E-state index in [1.54, 1.807) is 0 Å². The molecule has 0 aliphatic heterocycles. The molecule has 7 heteroatoms. The van der Waals surface area contributed by atoms with Crippen molar-refractivity contribution in [3.05, 3.63) is 40.1 Å². The normalized spacial score (nSPS) is 10.6. The van der Waals surface area contributed by atoms with Crippen LogP contribution in [0, 0.1) is 15.9 Å². The number of hydrogen-bond acceptors (Lipinski definition) is 4. The van der Waals surface area contributed by atoms with Crippen LogP contribution in [0.25, 0.3) is 5.52 Å². The monoisotopic (exact) mass is 223 g/mol. The van der Waals surface area contributed by atoms with Crippen LogP contribution in [0.1, 0.15) is 17.5 Å². The summed E-state index contributed by atoms with van der Waals surface area (Å²) >= 11 is 0. The van der Waals surface area contributed by atoms with E-state index in [0.29, 0.717) is 0 Å². The Balaban J connectivity index is 2.87. The molecule has 6 nitrogen and oxygen atoms in total. The maximum absolute atomic E-state index is 12.9. The van der Waals surface area contributed by atoms with Crippen LogP contribution in [-0.2, 0) is 0 Å². The average molecular weight is 223 g/mol. The molecule has 0 saturated heterocycles. The van der Waals surface area contributed by atoms with Gasteiger partial charge in [-0.05, 0) is 16.0 Å². The number of halogens is 1. The Morgan fingerprint density at radius 1 is 1.62 bits per heavy atom. The van der Waals surface area contributed by atoms with Crippen molar-refractivity contribution in [3.63, 3.8) is 0 Å². The molecular weight excluding hydrogens is 217 g/mol. The predicted molar refractivity (Wildman–Crippen MR) is 51.8 cm³/mol. The first-order valence-electron chi connectivity index (χ1n) is 4.33. The van der Waals surface area contributed by atoms with Crippen LogP contribution in [0.15, 0.2) is 18.3 Å². The Hall–Kier alpha value is -2.31. The number of ketones is 1. The molecule has 0 aromatic carbocycles. The first-order valence-corrected chi connectivity index (χ1v) is 4.33. The summed E-state index contributed by atoms with van der Waals surface area (Å²) in [5, 5.41) is 10.7. The van der Waals surface area contributed by atoms with Gasteiger partial charge in [-0.25, -0.2) is 4.39 Å². The van der Waals surface area contributed by atoms with Gasteiger partial charge in [-0.3, -0.25) is 9.20 Å². The van der Waals surface area contributed by atoms with Gasteiger partial charge < -0.3 is 10.1 Å². The number of Topliss-reactive ketones (excluding diaryl/α,β-unsaturated/α-hetero) is 1. The highest BCUT2D eigenvalue weighted by atomic mass is 19.1. The van der Waals surface area contributed by atoms with Crippen LogP contribution in [0.3, 0.4) is 0 Å². The van der Waals surface area contributed by atoms with Gasteiger partial charge in [0.05, 0.1) is 0 Å². The Kier molecular flexibility index (Phi) is 2.15. The van der Waals surface area contributed by atoms with Gasteiger partial charge in [-0.2, -0.15) is 0 Å². The third-order valence-corrected chi connectivity index (χ3v) is 2.07. The molecule has 2 heterocycles. The lowest BCUT2D eigenvalue weighted by molar-refractivity contribution is -0.387. The van der Waals surface area contributed by atoms with E-state index in [0.717, 1.165) is 12.1 Å². The molecule has 0 spiro atoms. The van der Waals surface area contributed by atoms with Crippen LogP contribution >= 0.6 is 0 Å². The SMILES string of the molecule is CC(=O)c1nc([N+](=O)[O-])c2cc(F)ccn12. The largest absolute Gasteiger partial charge is 0.390 e. The summed E-state index contributed by atoms with van der Waals surface area (Å²) in [6, 6.07) is 2.07. The van der Waals surface area contributed by atoms with Crippen molar-refractivity contribution >= 4 is 17.1 Å². The minimum Gasteiger partial charge on any atom is -0.358 e. The number of hydrogen-bond donors (Lipinski definition) is 0. The number of nitrogens with zero attached hydrogens (tertiary/aromatic N) is 3. The fourth-order valence-corrected chi connectivity index (χ4v) is 1.43. The molecule has 82 valence electrons. The lowest BCUT2D eigenvalue weighted by Gasteiger charge is -1.94. The summed E-state index contributed by atoms with van der Waals surface area (Å²) in [4.78, 5) is 24.7. The van der Waals surface area contributed by atoms with Crippen molar-refractivity contribution in [3.8, 4) is 0 Å². The lowest BCUT2D eigenvalue weighted by atomic mass is 10.4. The number of fused-ring (bicyclic) bond motifs is 1. The molecule has 0 aliphatic carbocycles. The molecule has 0 N–H and O–H groups in total. The zero-order chi connectivity index (χ0) is 11.9. The molecule has 0 radical (unpaired) electrons. The molecule has 0 aliphatic rings. The third kappa shape index (κ3) is 1.42. The molecule has 16 heavy (non-hydrogen) atoms. The highest BCUT2D eigenvalue weighted by Crippen LogP contribution is 2.21. The summed E-state index contributed by atoms with van der Waals surface area (Å²) in [6.45, 7) is 1.24. The quantitative estimate of drug-likeness (QED) is 0.440. The summed E-state index contributed by atoms with van der Waals surface area (Å²) in [5.74, 6) is -1.65. The summed E-state index contributed by atoms with van der Waals surface area (Å²) in [5.41, 5.74) is -0.0322.